The Kier molecular flexibility index (Phi) is 6.79. The molecule has 0 aliphatic rings. The van der Waals surface area contributed by atoms with Gasteiger partial charge < -0.3 is 5.32 Å². The van der Waals surface area contributed by atoms with Gasteiger partial charge in [0.1, 0.15) is 5.82 Å². The average Bonchev–Trinajstić information content (AvgIpc) is 2.58. The van der Waals surface area contributed by atoms with Crippen LogP contribution in [0.4, 0.5) is 13.2 Å². The van der Waals surface area contributed by atoms with Crippen molar-refractivity contribution in [1.29, 1.82) is 0 Å². The maximum absolute atomic E-state index is 13.2. The van der Waals surface area contributed by atoms with E-state index < -0.39 is 38.3 Å². The minimum atomic E-state index is -4.07. The zero-order valence-corrected chi connectivity index (χ0v) is 15.6. The number of amides is 1. The first-order valence-corrected chi connectivity index (χ1v) is 9.62. The summed E-state index contributed by atoms with van der Waals surface area (Å²) < 4.78 is 65.8. The minimum Gasteiger partial charge on any atom is -0.352 e. The molecule has 0 heterocycles. The molecular weight excluding hydrogens is 437 g/mol. The molecule has 0 saturated heterocycles. The second-order valence-electron chi connectivity index (χ2n) is 5.24. The number of hydrogen-bond acceptors (Lipinski definition) is 3. The lowest BCUT2D eigenvalue weighted by molar-refractivity contribution is -0.121. The fraction of sp³-hybridized carbons (Fsp3) is 0.188. The average molecular weight is 451 g/mol. The molecule has 2 rings (SSSR count). The molecule has 10 heteroatoms. The quantitative estimate of drug-likeness (QED) is 0.680. The fourth-order valence-electron chi connectivity index (χ4n) is 1.99. The van der Waals surface area contributed by atoms with Gasteiger partial charge in [0.15, 0.2) is 11.6 Å². The molecule has 0 aliphatic heterocycles. The second kappa shape index (κ2) is 8.65. The van der Waals surface area contributed by atoms with Crippen molar-refractivity contribution in [2.45, 2.75) is 17.9 Å². The molecule has 0 radical (unpaired) electrons. The maximum atomic E-state index is 13.2. The smallest absolute Gasteiger partial charge is 0.240 e. The lowest BCUT2D eigenvalue weighted by Gasteiger charge is -2.09. The molecule has 0 bridgehead atoms. The van der Waals surface area contributed by atoms with Crippen LogP contribution in [-0.4, -0.2) is 20.9 Å². The summed E-state index contributed by atoms with van der Waals surface area (Å²) in [7, 11) is -4.07. The zero-order valence-electron chi connectivity index (χ0n) is 13.2. The van der Waals surface area contributed by atoms with E-state index in [2.05, 4.69) is 26.0 Å². The van der Waals surface area contributed by atoms with Crippen LogP contribution in [-0.2, 0) is 21.4 Å². The predicted octanol–water partition coefficient (Wildman–Crippen LogP) is 2.85. The van der Waals surface area contributed by atoms with Gasteiger partial charge in [-0.15, -0.1) is 0 Å². The molecule has 0 spiro atoms. The first kappa shape index (κ1) is 20.4. The van der Waals surface area contributed by atoms with E-state index in [0.29, 0.717) is 22.2 Å². The summed E-state index contributed by atoms with van der Waals surface area (Å²) in [5, 5.41) is 2.53. The van der Waals surface area contributed by atoms with Crippen molar-refractivity contribution >= 4 is 31.9 Å². The number of benzene rings is 2. The van der Waals surface area contributed by atoms with Gasteiger partial charge in [0, 0.05) is 24.0 Å². The summed E-state index contributed by atoms with van der Waals surface area (Å²) in [6, 6.07) is 6.21. The van der Waals surface area contributed by atoms with Crippen molar-refractivity contribution in [2.24, 2.45) is 0 Å². The third-order valence-electron chi connectivity index (χ3n) is 3.33. The van der Waals surface area contributed by atoms with Crippen molar-refractivity contribution < 1.29 is 26.4 Å². The topological polar surface area (TPSA) is 75.3 Å². The standard InChI is InChI=1S/C16H14BrF3N2O3S/c17-13-3-1-11(18)7-10(13)9-21-16(23)5-6-22-26(24,25)12-2-4-14(19)15(20)8-12/h1-4,7-8,22H,5-6,9H2,(H,21,23). The van der Waals surface area contributed by atoms with Crippen LogP contribution in [0.15, 0.2) is 45.8 Å². The molecule has 0 fully saturated rings. The normalized spacial score (nSPS) is 11.4. The van der Waals surface area contributed by atoms with Gasteiger partial charge in [-0.05, 0) is 42.0 Å². The Balaban J connectivity index is 1.85. The summed E-state index contributed by atoms with van der Waals surface area (Å²) in [4.78, 5) is 11.3. The Morgan fingerprint density at radius 1 is 1.04 bits per heavy atom. The van der Waals surface area contributed by atoms with Gasteiger partial charge in [0.05, 0.1) is 4.90 Å². The molecule has 26 heavy (non-hydrogen) atoms. The highest BCUT2D eigenvalue weighted by atomic mass is 79.9. The van der Waals surface area contributed by atoms with Crippen LogP contribution in [0.25, 0.3) is 0 Å². The molecule has 0 unspecified atom stereocenters. The van der Waals surface area contributed by atoms with Crippen LogP contribution in [0.1, 0.15) is 12.0 Å². The molecule has 0 aliphatic carbocycles. The minimum absolute atomic E-state index is 0.0626. The zero-order chi connectivity index (χ0) is 19.3. The predicted molar refractivity (Wildman–Crippen MR) is 92.1 cm³/mol. The lowest BCUT2D eigenvalue weighted by Crippen LogP contribution is -2.30. The Bertz CT molecular complexity index is 923. The second-order valence-corrected chi connectivity index (χ2v) is 7.86. The number of halogens is 4. The molecule has 2 aromatic carbocycles. The third-order valence-corrected chi connectivity index (χ3v) is 5.56. The largest absolute Gasteiger partial charge is 0.352 e. The number of carbonyl (C=O) groups excluding carboxylic acids is 1. The van der Waals surface area contributed by atoms with E-state index in [-0.39, 0.29) is 19.5 Å². The van der Waals surface area contributed by atoms with Crippen molar-refractivity contribution in [1.82, 2.24) is 10.0 Å². The molecule has 140 valence electrons. The third kappa shape index (κ3) is 5.55. The molecular formula is C16H14BrF3N2O3S. The monoisotopic (exact) mass is 450 g/mol. The van der Waals surface area contributed by atoms with Gasteiger partial charge in [-0.25, -0.2) is 26.3 Å². The van der Waals surface area contributed by atoms with Gasteiger partial charge in [-0.2, -0.15) is 0 Å². The van der Waals surface area contributed by atoms with Crippen LogP contribution in [0, 0.1) is 17.5 Å². The Morgan fingerprint density at radius 3 is 2.46 bits per heavy atom. The number of sulfonamides is 1. The highest BCUT2D eigenvalue weighted by molar-refractivity contribution is 9.10. The van der Waals surface area contributed by atoms with E-state index >= 15 is 0 Å². The van der Waals surface area contributed by atoms with Gasteiger partial charge in [0.2, 0.25) is 15.9 Å². The van der Waals surface area contributed by atoms with E-state index in [9.17, 15) is 26.4 Å². The molecule has 2 aromatic rings. The summed E-state index contributed by atoms with van der Waals surface area (Å²) in [6.07, 6.45) is -0.185. The molecule has 2 N–H and O–H groups in total. The molecule has 0 saturated carbocycles. The summed E-state index contributed by atoms with van der Waals surface area (Å²) in [5.74, 6) is -3.36. The van der Waals surface area contributed by atoms with Gasteiger partial charge in [0.25, 0.3) is 0 Å². The SMILES string of the molecule is O=C(CCNS(=O)(=O)c1ccc(F)c(F)c1)NCc1cc(F)ccc1Br. The molecule has 0 atom stereocenters. The van der Waals surface area contributed by atoms with Crippen LogP contribution < -0.4 is 10.0 Å². The summed E-state index contributed by atoms with van der Waals surface area (Å²) in [5.41, 5.74) is 0.528. The van der Waals surface area contributed by atoms with Gasteiger partial charge in [-0.3, -0.25) is 4.79 Å². The van der Waals surface area contributed by atoms with Crippen LogP contribution in [0.2, 0.25) is 0 Å². The van der Waals surface area contributed by atoms with Crippen LogP contribution >= 0.6 is 15.9 Å². The first-order valence-electron chi connectivity index (χ1n) is 7.34. The Morgan fingerprint density at radius 2 is 1.77 bits per heavy atom. The lowest BCUT2D eigenvalue weighted by atomic mass is 10.2. The van der Waals surface area contributed by atoms with Crippen LogP contribution in [0.5, 0.6) is 0 Å². The molecule has 5 nitrogen and oxygen atoms in total. The Hall–Kier alpha value is -1.91. The highest BCUT2D eigenvalue weighted by Crippen LogP contribution is 2.17. The first-order chi connectivity index (χ1) is 12.2. The van der Waals surface area contributed by atoms with Crippen molar-refractivity contribution in [2.75, 3.05) is 6.54 Å². The van der Waals surface area contributed by atoms with E-state index in [4.69, 9.17) is 0 Å². The van der Waals surface area contributed by atoms with E-state index in [1.54, 1.807) is 0 Å². The Labute approximate surface area is 156 Å². The maximum Gasteiger partial charge on any atom is 0.240 e. The summed E-state index contributed by atoms with van der Waals surface area (Å²) in [6.45, 7) is -0.176. The van der Waals surface area contributed by atoms with Crippen LogP contribution in [0.3, 0.4) is 0 Å². The van der Waals surface area contributed by atoms with Gasteiger partial charge in [-0.1, -0.05) is 15.9 Å². The highest BCUT2D eigenvalue weighted by Gasteiger charge is 2.16. The van der Waals surface area contributed by atoms with Gasteiger partial charge >= 0.3 is 0 Å². The van der Waals surface area contributed by atoms with Crippen molar-refractivity contribution in [3.63, 3.8) is 0 Å². The number of rotatable bonds is 7. The number of hydrogen-bond donors (Lipinski definition) is 2. The van der Waals surface area contributed by atoms with E-state index in [1.165, 1.54) is 18.2 Å². The number of carbonyl (C=O) groups is 1. The summed E-state index contributed by atoms with van der Waals surface area (Å²) >= 11 is 3.23. The van der Waals surface area contributed by atoms with E-state index in [1.807, 2.05) is 0 Å². The number of nitrogens with one attached hydrogen (secondary N) is 2. The molecule has 0 aromatic heterocycles. The van der Waals surface area contributed by atoms with E-state index in [0.717, 1.165) is 6.07 Å². The van der Waals surface area contributed by atoms with Crippen molar-refractivity contribution in [3.8, 4) is 0 Å². The fourth-order valence-corrected chi connectivity index (χ4v) is 3.42. The van der Waals surface area contributed by atoms with Crippen molar-refractivity contribution in [3.05, 3.63) is 63.9 Å². The molecule has 1 amide bonds.